The Kier molecular flexibility index (Phi) is 4.06. The summed E-state index contributed by atoms with van der Waals surface area (Å²) in [4.78, 5) is 11.0. The molecule has 8 heteroatoms. The van der Waals surface area contributed by atoms with Gasteiger partial charge in [0.1, 0.15) is 11.5 Å². The second-order valence-corrected chi connectivity index (χ2v) is 6.96. The van der Waals surface area contributed by atoms with Gasteiger partial charge in [0.2, 0.25) is 0 Å². The van der Waals surface area contributed by atoms with E-state index in [-0.39, 0.29) is 32.5 Å². The number of carboxylic acids is 1. The van der Waals surface area contributed by atoms with Gasteiger partial charge in [0.25, 0.3) is 0 Å². The smallest absolute Gasteiger partial charge is 0.336 e. The highest BCUT2D eigenvalue weighted by Crippen LogP contribution is 2.27. The van der Waals surface area contributed by atoms with Gasteiger partial charge in [-0.1, -0.05) is 16.8 Å². The number of sulfone groups is 1. The summed E-state index contributed by atoms with van der Waals surface area (Å²) in [5, 5.41) is 12.8. The van der Waals surface area contributed by atoms with Gasteiger partial charge in [0.15, 0.2) is 9.84 Å². The summed E-state index contributed by atoms with van der Waals surface area (Å²) in [5.74, 6) is -1.12. The monoisotopic (exact) mass is 329 g/mol. The minimum absolute atomic E-state index is 0.0490. The van der Waals surface area contributed by atoms with Gasteiger partial charge < -0.3 is 9.63 Å². The van der Waals surface area contributed by atoms with E-state index in [1.807, 2.05) is 0 Å². The van der Waals surface area contributed by atoms with Crippen molar-refractivity contribution >= 4 is 27.4 Å². The highest BCUT2D eigenvalue weighted by atomic mass is 35.5. The van der Waals surface area contributed by atoms with Gasteiger partial charge in [0.05, 0.1) is 16.2 Å². The lowest BCUT2D eigenvalue weighted by Crippen LogP contribution is -2.10. The Morgan fingerprint density at radius 2 is 2.00 bits per heavy atom. The maximum absolute atomic E-state index is 12.4. The largest absolute Gasteiger partial charge is 0.478 e. The Balaban J connectivity index is 2.52. The molecule has 0 amide bonds. The number of nitrogens with zero attached hydrogens (tertiary/aromatic N) is 1. The predicted octanol–water partition coefficient (Wildman–Crippen LogP) is 2.62. The molecule has 0 saturated carbocycles. The van der Waals surface area contributed by atoms with E-state index in [4.69, 9.17) is 21.2 Å². The SMILES string of the molecule is Cc1cc(CS(=O)(=O)c2cc(Cl)cc(C(=O)O)c2C)no1. The van der Waals surface area contributed by atoms with Crippen LogP contribution in [0.25, 0.3) is 0 Å². The quantitative estimate of drug-likeness (QED) is 0.926. The molecule has 0 unspecified atom stereocenters. The molecule has 0 fully saturated rings. The molecule has 2 rings (SSSR count). The van der Waals surface area contributed by atoms with Crippen molar-refractivity contribution in [3.63, 3.8) is 0 Å². The molecule has 0 aliphatic rings. The van der Waals surface area contributed by atoms with Crippen LogP contribution >= 0.6 is 11.6 Å². The fourth-order valence-corrected chi connectivity index (χ4v) is 3.80. The van der Waals surface area contributed by atoms with E-state index in [1.165, 1.54) is 25.1 Å². The van der Waals surface area contributed by atoms with Gasteiger partial charge in [-0.2, -0.15) is 0 Å². The summed E-state index contributed by atoms with van der Waals surface area (Å²) < 4.78 is 29.7. The average Bonchev–Trinajstić information content (AvgIpc) is 2.76. The van der Waals surface area contributed by atoms with E-state index >= 15 is 0 Å². The number of carboxylic acid groups (broad SMARTS) is 1. The van der Waals surface area contributed by atoms with Crippen LogP contribution in [0.2, 0.25) is 5.02 Å². The van der Waals surface area contributed by atoms with Crippen molar-refractivity contribution in [1.29, 1.82) is 0 Å². The topological polar surface area (TPSA) is 97.5 Å². The summed E-state index contributed by atoms with van der Waals surface area (Å²) in [6.07, 6.45) is 0. The number of aromatic nitrogens is 1. The minimum atomic E-state index is -3.78. The van der Waals surface area contributed by atoms with Crippen LogP contribution in [-0.4, -0.2) is 24.7 Å². The molecule has 2 aromatic rings. The van der Waals surface area contributed by atoms with E-state index in [2.05, 4.69) is 5.16 Å². The van der Waals surface area contributed by atoms with Gasteiger partial charge in [-0.25, -0.2) is 13.2 Å². The number of hydrogen-bond acceptors (Lipinski definition) is 5. The van der Waals surface area contributed by atoms with Gasteiger partial charge in [-0.15, -0.1) is 0 Å². The molecule has 1 aromatic heterocycles. The molecule has 6 nitrogen and oxygen atoms in total. The molecular formula is C13H12ClNO5S. The van der Waals surface area contributed by atoms with Crippen molar-refractivity contribution < 1.29 is 22.8 Å². The molecule has 0 atom stereocenters. The first-order chi connectivity index (χ1) is 9.70. The van der Waals surface area contributed by atoms with Crippen molar-refractivity contribution in [2.24, 2.45) is 0 Å². The summed E-state index contributed by atoms with van der Waals surface area (Å²) in [7, 11) is -3.78. The van der Waals surface area contributed by atoms with Crippen LogP contribution in [0.4, 0.5) is 0 Å². The second-order valence-electron chi connectivity index (χ2n) is 4.57. The molecular weight excluding hydrogens is 318 g/mol. The summed E-state index contributed by atoms with van der Waals surface area (Å²) in [5.41, 5.74) is 0.258. The van der Waals surface area contributed by atoms with Crippen molar-refractivity contribution in [3.05, 3.63) is 45.8 Å². The molecule has 112 valence electrons. The number of aromatic carboxylic acids is 1. The summed E-state index contributed by atoms with van der Waals surface area (Å²) >= 11 is 5.82. The molecule has 0 saturated heterocycles. The number of rotatable bonds is 4. The van der Waals surface area contributed by atoms with Crippen LogP contribution in [0.3, 0.4) is 0 Å². The van der Waals surface area contributed by atoms with E-state index in [1.54, 1.807) is 6.92 Å². The molecule has 1 heterocycles. The van der Waals surface area contributed by atoms with Crippen LogP contribution in [0.5, 0.6) is 0 Å². The first-order valence-corrected chi connectivity index (χ1v) is 7.92. The van der Waals surface area contributed by atoms with Crippen LogP contribution in [-0.2, 0) is 15.6 Å². The number of halogens is 1. The van der Waals surface area contributed by atoms with Crippen molar-refractivity contribution in [2.75, 3.05) is 0 Å². The zero-order valence-corrected chi connectivity index (χ0v) is 12.8. The highest BCUT2D eigenvalue weighted by molar-refractivity contribution is 7.90. The molecule has 0 bridgehead atoms. The van der Waals surface area contributed by atoms with E-state index < -0.39 is 15.8 Å². The van der Waals surface area contributed by atoms with Crippen molar-refractivity contribution in [2.45, 2.75) is 24.5 Å². The fourth-order valence-electron chi connectivity index (χ4n) is 1.96. The van der Waals surface area contributed by atoms with Gasteiger partial charge in [0, 0.05) is 11.1 Å². The normalized spacial score (nSPS) is 11.6. The second kappa shape index (κ2) is 5.50. The van der Waals surface area contributed by atoms with Gasteiger partial charge in [-0.3, -0.25) is 0 Å². The molecule has 0 aliphatic carbocycles. The maximum Gasteiger partial charge on any atom is 0.336 e. The van der Waals surface area contributed by atoms with Gasteiger partial charge in [-0.05, 0) is 31.5 Å². The minimum Gasteiger partial charge on any atom is -0.478 e. The maximum atomic E-state index is 12.4. The third-order valence-corrected chi connectivity index (χ3v) is 4.89. The molecule has 0 spiro atoms. The fraction of sp³-hybridized carbons (Fsp3) is 0.231. The molecule has 0 aliphatic heterocycles. The van der Waals surface area contributed by atoms with E-state index in [0.717, 1.165) is 0 Å². The van der Waals surface area contributed by atoms with E-state index in [0.29, 0.717) is 5.76 Å². The Morgan fingerprint density at radius 3 is 2.52 bits per heavy atom. The third-order valence-electron chi connectivity index (χ3n) is 2.90. The van der Waals surface area contributed by atoms with Crippen LogP contribution in [0.15, 0.2) is 27.6 Å². The Bertz CT molecular complexity index is 810. The number of aryl methyl sites for hydroxylation is 1. The predicted molar refractivity (Wildman–Crippen MR) is 75.3 cm³/mol. The molecule has 0 radical (unpaired) electrons. The first-order valence-electron chi connectivity index (χ1n) is 5.89. The third kappa shape index (κ3) is 3.25. The molecule has 1 N–H and O–H groups in total. The zero-order chi connectivity index (χ0) is 15.8. The van der Waals surface area contributed by atoms with Crippen molar-refractivity contribution in [3.8, 4) is 0 Å². The first kappa shape index (κ1) is 15.5. The number of carbonyl (C=O) groups is 1. The zero-order valence-electron chi connectivity index (χ0n) is 11.3. The van der Waals surface area contributed by atoms with Crippen LogP contribution < -0.4 is 0 Å². The summed E-state index contributed by atoms with van der Waals surface area (Å²) in [6, 6.07) is 3.97. The molecule has 1 aromatic carbocycles. The Hall–Kier alpha value is -1.86. The van der Waals surface area contributed by atoms with E-state index in [9.17, 15) is 13.2 Å². The van der Waals surface area contributed by atoms with Crippen LogP contribution in [0, 0.1) is 13.8 Å². The lowest BCUT2D eigenvalue weighted by atomic mass is 10.1. The Morgan fingerprint density at radius 1 is 1.33 bits per heavy atom. The lowest BCUT2D eigenvalue weighted by Gasteiger charge is -2.10. The average molecular weight is 330 g/mol. The number of benzene rings is 1. The summed E-state index contributed by atoms with van der Waals surface area (Å²) in [6.45, 7) is 3.08. The Labute approximate surface area is 126 Å². The molecule has 21 heavy (non-hydrogen) atoms. The van der Waals surface area contributed by atoms with Gasteiger partial charge >= 0.3 is 5.97 Å². The highest BCUT2D eigenvalue weighted by Gasteiger charge is 2.24. The lowest BCUT2D eigenvalue weighted by molar-refractivity contribution is 0.0696. The number of hydrogen-bond donors (Lipinski definition) is 1. The standard InChI is InChI=1S/C13H12ClNO5S/c1-7-3-10(15-20-7)6-21(18,19)12-5-9(14)4-11(8(12)2)13(16)17/h3-5H,6H2,1-2H3,(H,16,17). The van der Waals surface area contributed by atoms with Crippen molar-refractivity contribution in [1.82, 2.24) is 5.16 Å². The van der Waals surface area contributed by atoms with Crippen LogP contribution in [0.1, 0.15) is 27.4 Å².